The van der Waals surface area contributed by atoms with E-state index in [0.29, 0.717) is 38.9 Å². The van der Waals surface area contributed by atoms with Gasteiger partial charge in [0.05, 0.1) is 31.7 Å². The van der Waals surface area contributed by atoms with Gasteiger partial charge in [-0.05, 0) is 64.2 Å². The molecule has 0 saturated carbocycles. The fourth-order valence-electron chi connectivity index (χ4n) is 5.60. The van der Waals surface area contributed by atoms with Crippen molar-refractivity contribution in [3.8, 4) is 0 Å². The number of carbonyl (C=O) groups is 4. The zero-order chi connectivity index (χ0) is 35.7. The summed E-state index contributed by atoms with van der Waals surface area (Å²) in [5.41, 5.74) is 0. The quantitative estimate of drug-likeness (QED) is 0.0401. The molecule has 0 aliphatic rings. The minimum Gasteiger partial charge on any atom is -0.465 e. The summed E-state index contributed by atoms with van der Waals surface area (Å²) in [5.74, 6) is -1.10. The van der Waals surface area contributed by atoms with Gasteiger partial charge in [-0.2, -0.15) is 0 Å². The molecule has 0 saturated heterocycles. The van der Waals surface area contributed by atoms with Crippen LogP contribution in [0.2, 0.25) is 0 Å². The Morgan fingerprint density at radius 1 is 0.479 bits per heavy atom. The second-order valence-electron chi connectivity index (χ2n) is 13.3. The van der Waals surface area contributed by atoms with Crippen molar-refractivity contribution >= 4 is 23.9 Å². The normalized spacial score (nSPS) is 13.0. The van der Waals surface area contributed by atoms with E-state index in [4.69, 9.17) is 18.9 Å². The SMILES string of the molecule is CCCCCCC(CCCC)C(=O)OCCCCCC(=O)OC[C@H](CO)OC(=O)CCCCCOC(=O)C(CCCC)CCCCCC. The van der Waals surface area contributed by atoms with Crippen LogP contribution in [0.25, 0.3) is 0 Å². The molecule has 9 heteroatoms. The standard InChI is InChI=1S/C39H72O9/c1-5-9-13-17-25-33(23-11-7-3)38(43)45-29-21-15-19-27-36(41)47-32-35(31-40)48-37(42)28-20-16-22-30-46-39(44)34(24-12-8-4)26-18-14-10-6-2/h33-35,40H,5-32H2,1-4H3/t33?,34?,35-/m0/s1. The van der Waals surface area contributed by atoms with Crippen LogP contribution >= 0.6 is 0 Å². The Kier molecular flexibility index (Phi) is 31.8. The largest absolute Gasteiger partial charge is 0.465 e. The number of hydrogen-bond acceptors (Lipinski definition) is 9. The summed E-state index contributed by atoms with van der Waals surface area (Å²) < 4.78 is 21.6. The van der Waals surface area contributed by atoms with E-state index in [1.54, 1.807) is 0 Å². The summed E-state index contributed by atoms with van der Waals surface area (Å²) >= 11 is 0. The highest BCUT2D eigenvalue weighted by atomic mass is 16.6. The van der Waals surface area contributed by atoms with E-state index in [0.717, 1.165) is 89.9 Å². The smallest absolute Gasteiger partial charge is 0.308 e. The molecule has 0 heterocycles. The van der Waals surface area contributed by atoms with E-state index in [1.165, 1.54) is 25.7 Å². The van der Waals surface area contributed by atoms with Crippen molar-refractivity contribution in [1.82, 2.24) is 0 Å². The van der Waals surface area contributed by atoms with Crippen LogP contribution < -0.4 is 0 Å². The Hall–Kier alpha value is -2.16. The molecule has 0 aromatic carbocycles. The Morgan fingerprint density at radius 2 is 0.896 bits per heavy atom. The van der Waals surface area contributed by atoms with E-state index in [9.17, 15) is 24.3 Å². The average molecular weight is 685 g/mol. The first-order chi connectivity index (χ1) is 23.3. The van der Waals surface area contributed by atoms with Crippen molar-refractivity contribution in [2.24, 2.45) is 11.8 Å². The second-order valence-corrected chi connectivity index (χ2v) is 13.3. The maximum absolute atomic E-state index is 12.6. The first kappa shape index (κ1) is 45.8. The Balaban J connectivity index is 4.08. The van der Waals surface area contributed by atoms with E-state index < -0.39 is 24.6 Å². The monoisotopic (exact) mass is 685 g/mol. The van der Waals surface area contributed by atoms with E-state index >= 15 is 0 Å². The van der Waals surface area contributed by atoms with Crippen molar-refractivity contribution in [1.29, 1.82) is 0 Å². The van der Waals surface area contributed by atoms with Crippen LogP contribution in [-0.2, 0) is 38.1 Å². The maximum atomic E-state index is 12.6. The van der Waals surface area contributed by atoms with Crippen molar-refractivity contribution < 1.29 is 43.2 Å². The fourth-order valence-corrected chi connectivity index (χ4v) is 5.60. The first-order valence-corrected chi connectivity index (χ1v) is 19.6. The minimum atomic E-state index is -0.901. The minimum absolute atomic E-state index is 0.0141. The third-order valence-electron chi connectivity index (χ3n) is 8.76. The lowest BCUT2D eigenvalue weighted by atomic mass is 9.95. The number of ether oxygens (including phenoxy) is 4. The van der Waals surface area contributed by atoms with E-state index in [-0.39, 0.29) is 43.2 Å². The van der Waals surface area contributed by atoms with Crippen molar-refractivity contribution in [3.63, 3.8) is 0 Å². The molecule has 9 nitrogen and oxygen atoms in total. The fraction of sp³-hybridized carbons (Fsp3) is 0.897. The third-order valence-corrected chi connectivity index (χ3v) is 8.76. The van der Waals surface area contributed by atoms with Crippen molar-refractivity contribution in [2.75, 3.05) is 26.4 Å². The molecule has 0 rings (SSSR count). The van der Waals surface area contributed by atoms with E-state index in [1.807, 2.05) is 0 Å². The van der Waals surface area contributed by atoms with Gasteiger partial charge in [-0.3, -0.25) is 19.2 Å². The molecule has 2 unspecified atom stereocenters. The number of hydrogen-bond donors (Lipinski definition) is 1. The van der Waals surface area contributed by atoms with Gasteiger partial charge >= 0.3 is 23.9 Å². The third kappa shape index (κ3) is 26.8. The maximum Gasteiger partial charge on any atom is 0.308 e. The molecule has 48 heavy (non-hydrogen) atoms. The van der Waals surface area contributed by atoms with E-state index in [2.05, 4.69) is 27.7 Å². The highest BCUT2D eigenvalue weighted by molar-refractivity contribution is 5.73. The first-order valence-electron chi connectivity index (χ1n) is 19.6. The summed E-state index contributed by atoms with van der Waals surface area (Å²) in [5, 5.41) is 9.58. The lowest BCUT2D eigenvalue weighted by Gasteiger charge is -2.16. The van der Waals surface area contributed by atoms with Gasteiger partial charge in [0.1, 0.15) is 6.61 Å². The zero-order valence-corrected chi connectivity index (χ0v) is 31.2. The number of aliphatic hydroxyl groups excluding tert-OH is 1. The summed E-state index contributed by atoms with van der Waals surface area (Å²) in [6.45, 7) is 8.71. The molecule has 0 aliphatic heterocycles. The molecule has 0 bridgehead atoms. The second kappa shape index (κ2) is 33.3. The molecule has 0 amide bonds. The van der Waals surface area contributed by atoms with Gasteiger partial charge in [-0.1, -0.05) is 105 Å². The summed E-state index contributed by atoms with van der Waals surface area (Å²) in [7, 11) is 0. The molecule has 3 atom stereocenters. The van der Waals surface area contributed by atoms with Crippen LogP contribution in [-0.4, -0.2) is 61.5 Å². The van der Waals surface area contributed by atoms with Gasteiger partial charge in [0.15, 0.2) is 6.10 Å². The number of unbranched alkanes of at least 4 members (excludes halogenated alkanes) is 12. The number of rotatable bonds is 34. The van der Waals surface area contributed by atoms with Crippen LogP contribution in [0, 0.1) is 11.8 Å². The molecule has 0 fully saturated rings. The molecule has 0 aliphatic carbocycles. The summed E-state index contributed by atoms with van der Waals surface area (Å²) in [6, 6.07) is 0. The van der Waals surface area contributed by atoms with Gasteiger partial charge in [0.25, 0.3) is 0 Å². The predicted octanol–water partition coefficient (Wildman–Crippen LogP) is 9.19. The molecule has 1 N–H and O–H groups in total. The van der Waals surface area contributed by atoms with Crippen molar-refractivity contribution in [3.05, 3.63) is 0 Å². The molecule has 0 radical (unpaired) electrons. The highest BCUT2D eigenvalue weighted by Gasteiger charge is 2.20. The molecule has 0 aromatic rings. The molecular weight excluding hydrogens is 612 g/mol. The molecule has 282 valence electrons. The Morgan fingerprint density at radius 3 is 1.33 bits per heavy atom. The summed E-state index contributed by atoms with van der Waals surface area (Å²) in [6.07, 6.45) is 20.4. The molecular formula is C39H72O9. The van der Waals surface area contributed by atoms with Gasteiger partial charge in [-0.25, -0.2) is 0 Å². The Labute approximate surface area is 293 Å². The molecule has 0 aromatic heterocycles. The number of aliphatic hydroxyl groups is 1. The van der Waals surface area contributed by atoms with Crippen molar-refractivity contribution in [2.45, 2.75) is 188 Å². The van der Waals surface area contributed by atoms with Crippen LogP contribution in [0.3, 0.4) is 0 Å². The highest BCUT2D eigenvalue weighted by Crippen LogP contribution is 2.21. The van der Waals surface area contributed by atoms with Crippen LogP contribution in [0.15, 0.2) is 0 Å². The van der Waals surface area contributed by atoms with Crippen LogP contribution in [0.1, 0.15) is 182 Å². The molecule has 0 spiro atoms. The van der Waals surface area contributed by atoms with Gasteiger partial charge in [0, 0.05) is 12.8 Å². The van der Waals surface area contributed by atoms with Gasteiger partial charge < -0.3 is 24.1 Å². The van der Waals surface area contributed by atoms with Crippen LogP contribution in [0.4, 0.5) is 0 Å². The zero-order valence-electron chi connectivity index (χ0n) is 31.2. The average Bonchev–Trinajstić information content (AvgIpc) is 3.08. The lowest BCUT2D eigenvalue weighted by Crippen LogP contribution is -2.28. The number of carbonyl (C=O) groups excluding carboxylic acids is 4. The topological polar surface area (TPSA) is 125 Å². The number of esters is 4. The lowest BCUT2D eigenvalue weighted by molar-refractivity contribution is -0.161. The van der Waals surface area contributed by atoms with Crippen LogP contribution in [0.5, 0.6) is 0 Å². The van der Waals surface area contributed by atoms with Gasteiger partial charge in [-0.15, -0.1) is 0 Å². The predicted molar refractivity (Wildman–Crippen MR) is 190 cm³/mol. The summed E-state index contributed by atoms with van der Waals surface area (Å²) in [4.78, 5) is 49.5. The Bertz CT molecular complexity index is 800. The van der Waals surface area contributed by atoms with Gasteiger partial charge in [0.2, 0.25) is 0 Å².